The van der Waals surface area contributed by atoms with Gasteiger partial charge in [-0.25, -0.2) is 0 Å². The Bertz CT molecular complexity index is 561. The van der Waals surface area contributed by atoms with E-state index in [-0.39, 0.29) is 11.4 Å². The van der Waals surface area contributed by atoms with Crippen LogP contribution in [-0.2, 0) is 0 Å². The van der Waals surface area contributed by atoms with Crippen molar-refractivity contribution in [2.45, 2.75) is 6.92 Å². The molecule has 4 heteroatoms. The summed E-state index contributed by atoms with van der Waals surface area (Å²) in [5, 5.41) is 19.8. The van der Waals surface area contributed by atoms with Crippen molar-refractivity contribution in [1.82, 2.24) is 0 Å². The monoisotopic (exact) mass is 229 g/mol. The second-order valence-corrected chi connectivity index (χ2v) is 3.80. The van der Waals surface area contributed by atoms with E-state index < -0.39 is 4.92 Å². The summed E-state index contributed by atoms with van der Waals surface area (Å²) < 4.78 is 0. The van der Waals surface area contributed by atoms with E-state index in [1.54, 1.807) is 30.3 Å². The van der Waals surface area contributed by atoms with Crippen LogP contribution in [0, 0.1) is 17.0 Å². The molecule has 86 valence electrons. The molecule has 2 aromatic carbocycles. The van der Waals surface area contributed by atoms with Gasteiger partial charge in [-0.3, -0.25) is 10.1 Å². The number of nitro benzene ring substituents is 1. The third-order valence-electron chi connectivity index (χ3n) is 2.60. The number of non-ortho nitro benzene ring substituents is 1. The number of hydrogen-bond donors (Lipinski definition) is 1. The van der Waals surface area contributed by atoms with E-state index in [1.807, 2.05) is 6.92 Å². The minimum Gasteiger partial charge on any atom is -0.508 e. The molecule has 0 bridgehead atoms. The Hall–Kier alpha value is -2.36. The van der Waals surface area contributed by atoms with Crippen LogP contribution in [-0.4, -0.2) is 10.0 Å². The zero-order chi connectivity index (χ0) is 12.4. The smallest absolute Gasteiger partial charge is 0.269 e. The number of phenolic OH excluding ortho intramolecular Hbond substituents is 1. The predicted molar refractivity (Wildman–Crippen MR) is 64.9 cm³/mol. The molecule has 0 aromatic heterocycles. The van der Waals surface area contributed by atoms with Gasteiger partial charge in [0.1, 0.15) is 5.75 Å². The fraction of sp³-hybridized carbons (Fsp3) is 0.0769. The van der Waals surface area contributed by atoms with E-state index in [1.165, 1.54) is 12.1 Å². The number of nitrogens with zero attached hydrogens (tertiary/aromatic N) is 1. The first-order valence-corrected chi connectivity index (χ1v) is 5.12. The molecule has 0 heterocycles. The van der Waals surface area contributed by atoms with Gasteiger partial charge < -0.3 is 5.11 Å². The van der Waals surface area contributed by atoms with Crippen LogP contribution in [0.4, 0.5) is 5.69 Å². The molecule has 0 spiro atoms. The van der Waals surface area contributed by atoms with Gasteiger partial charge in [-0.05, 0) is 47.9 Å². The summed E-state index contributed by atoms with van der Waals surface area (Å²) in [6.07, 6.45) is 0. The maximum absolute atomic E-state index is 10.5. The van der Waals surface area contributed by atoms with E-state index in [2.05, 4.69) is 0 Å². The Morgan fingerprint density at radius 2 is 1.76 bits per heavy atom. The molecule has 0 saturated carbocycles. The predicted octanol–water partition coefficient (Wildman–Crippen LogP) is 3.28. The third-order valence-corrected chi connectivity index (χ3v) is 2.60. The van der Waals surface area contributed by atoms with Gasteiger partial charge in [-0.1, -0.05) is 6.07 Å². The fourth-order valence-corrected chi connectivity index (χ4v) is 1.73. The average Bonchev–Trinajstić information content (AvgIpc) is 2.29. The lowest BCUT2D eigenvalue weighted by Gasteiger charge is -2.06. The number of hydrogen-bond acceptors (Lipinski definition) is 3. The minimum absolute atomic E-state index is 0.0742. The van der Waals surface area contributed by atoms with Crippen molar-refractivity contribution in [1.29, 1.82) is 0 Å². The molecular formula is C13H11NO3. The van der Waals surface area contributed by atoms with Crippen LogP contribution in [0.5, 0.6) is 5.75 Å². The highest BCUT2D eigenvalue weighted by molar-refractivity contribution is 5.69. The van der Waals surface area contributed by atoms with Gasteiger partial charge in [-0.2, -0.15) is 0 Å². The van der Waals surface area contributed by atoms with E-state index in [0.29, 0.717) is 0 Å². The molecule has 0 unspecified atom stereocenters. The Labute approximate surface area is 98.3 Å². The number of benzene rings is 2. The summed E-state index contributed by atoms with van der Waals surface area (Å²) >= 11 is 0. The quantitative estimate of drug-likeness (QED) is 0.634. The molecular weight excluding hydrogens is 218 g/mol. The largest absolute Gasteiger partial charge is 0.508 e. The van der Waals surface area contributed by atoms with Gasteiger partial charge in [0.25, 0.3) is 5.69 Å². The Balaban J connectivity index is 2.43. The minimum atomic E-state index is -0.423. The summed E-state index contributed by atoms with van der Waals surface area (Å²) in [5.74, 6) is 0.216. The van der Waals surface area contributed by atoms with Crippen LogP contribution in [0.25, 0.3) is 11.1 Å². The van der Waals surface area contributed by atoms with Gasteiger partial charge in [0.2, 0.25) is 0 Å². The molecule has 17 heavy (non-hydrogen) atoms. The molecule has 0 aliphatic rings. The Morgan fingerprint density at radius 3 is 2.29 bits per heavy atom. The highest BCUT2D eigenvalue weighted by Crippen LogP contribution is 2.27. The van der Waals surface area contributed by atoms with Crippen LogP contribution in [0.1, 0.15) is 5.56 Å². The lowest BCUT2D eigenvalue weighted by atomic mass is 10.0. The van der Waals surface area contributed by atoms with E-state index >= 15 is 0 Å². The molecule has 0 aliphatic carbocycles. The highest BCUT2D eigenvalue weighted by atomic mass is 16.6. The SMILES string of the molecule is Cc1cc(O)ccc1-c1ccc([N+](=O)[O-])cc1. The van der Waals surface area contributed by atoms with Crippen molar-refractivity contribution in [2.75, 3.05) is 0 Å². The molecule has 4 nitrogen and oxygen atoms in total. The molecule has 0 radical (unpaired) electrons. The average molecular weight is 229 g/mol. The van der Waals surface area contributed by atoms with Crippen LogP contribution in [0.3, 0.4) is 0 Å². The van der Waals surface area contributed by atoms with Gasteiger partial charge in [0.15, 0.2) is 0 Å². The Kier molecular flexibility index (Phi) is 2.78. The zero-order valence-corrected chi connectivity index (χ0v) is 9.25. The summed E-state index contributed by atoms with van der Waals surface area (Å²) in [6.45, 7) is 1.89. The van der Waals surface area contributed by atoms with Gasteiger partial charge in [-0.15, -0.1) is 0 Å². The number of phenols is 1. The van der Waals surface area contributed by atoms with Crippen LogP contribution >= 0.6 is 0 Å². The molecule has 0 atom stereocenters. The molecule has 2 aromatic rings. The van der Waals surface area contributed by atoms with Crippen molar-refractivity contribution >= 4 is 5.69 Å². The fourth-order valence-electron chi connectivity index (χ4n) is 1.73. The molecule has 0 saturated heterocycles. The van der Waals surface area contributed by atoms with Gasteiger partial charge in [0, 0.05) is 12.1 Å². The van der Waals surface area contributed by atoms with Crippen LogP contribution < -0.4 is 0 Å². The van der Waals surface area contributed by atoms with Crippen molar-refractivity contribution in [3.05, 3.63) is 58.1 Å². The van der Waals surface area contributed by atoms with E-state index in [4.69, 9.17) is 0 Å². The highest BCUT2D eigenvalue weighted by Gasteiger charge is 2.07. The van der Waals surface area contributed by atoms with Crippen molar-refractivity contribution in [3.8, 4) is 16.9 Å². The standard InChI is InChI=1S/C13H11NO3/c1-9-8-12(15)6-7-13(9)10-2-4-11(5-3-10)14(16)17/h2-8,15H,1H3. The van der Waals surface area contributed by atoms with Crippen LogP contribution in [0.15, 0.2) is 42.5 Å². The lowest BCUT2D eigenvalue weighted by molar-refractivity contribution is -0.384. The Morgan fingerprint density at radius 1 is 1.12 bits per heavy atom. The van der Waals surface area contributed by atoms with Crippen molar-refractivity contribution in [2.24, 2.45) is 0 Å². The second-order valence-electron chi connectivity index (χ2n) is 3.80. The van der Waals surface area contributed by atoms with Crippen LogP contribution in [0.2, 0.25) is 0 Å². The number of rotatable bonds is 2. The molecule has 0 fully saturated rings. The first-order valence-electron chi connectivity index (χ1n) is 5.12. The van der Waals surface area contributed by atoms with Crippen molar-refractivity contribution in [3.63, 3.8) is 0 Å². The third kappa shape index (κ3) is 2.25. The number of aryl methyl sites for hydroxylation is 1. The van der Waals surface area contributed by atoms with E-state index in [9.17, 15) is 15.2 Å². The first kappa shape index (κ1) is 11.1. The topological polar surface area (TPSA) is 63.4 Å². The number of aromatic hydroxyl groups is 1. The summed E-state index contributed by atoms with van der Waals surface area (Å²) in [5.41, 5.74) is 2.86. The zero-order valence-electron chi connectivity index (χ0n) is 9.25. The van der Waals surface area contributed by atoms with Gasteiger partial charge >= 0.3 is 0 Å². The van der Waals surface area contributed by atoms with Crippen molar-refractivity contribution < 1.29 is 10.0 Å². The molecule has 0 aliphatic heterocycles. The summed E-state index contributed by atoms with van der Waals surface area (Å²) in [6, 6.07) is 11.4. The normalized spacial score (nSPS) is 10.2. The lowest BCUT2D eigenvalue weighted by Crippen LogP contribution is -1.88. The molecule has 1 N–H and O–H groups in total. The molecule has 0 amide bonds. The molecule has 2 rings (SSSR count). The maximum Gasteiger partial charge on any atom is 0.269 e. The first-order chi connectivity index (χ1) is 8.08. The number of nitro groups is 1. The maximum atomic E-state index is 10.5. The van der Waals surface area contributed by atoms with Gasteiger partial charge in [0.05, 0.1) is 4.92 Å². The second kappa shape index (κ2) is 4.25. The van der Waals surface area contributed by atoms with E-state index in [0.717, 1.165) is 16.7 Å². The summed E-state index contributed by atoms with van der Waals surface area (Å²) in [7, 11) is 0. The summed E-state index contributed by atoms with van der Waals surface area (Å²) in [4.78, 5) is 10.1.